The van der Waals surface area contributed by atoms with Gasteiger partial charge in [-0.05, 0) is 30.5 Å². The fraction of sp³-hybridized carbons (Fsp3) is 0.462. The lowest BCUT2D eigenvalue weighted by Gasteiger charge is -2.20. The molecule has 19 heavy (non-hydrogen) atoms. The molecule has 0 aliphatic heterocycles. The third kappa shape index (κ3) is 3.29. The van der Waals surface area contributed by atoms with Crippen molar-refractivity contribution in [2.45, 2.75) is 13.8 Å². The van der Waals surface area contributed by atoms with Crippen LogP contribution in [0.25, 0.3) is 5.82 Å². The summed E-state index contributed by atoms with van der Waals surface area (Å²) in [6.45, 7) is 5.85. The third-order valence-corrected chi connectivity index (χ3v) is 3.22. The monoisotopic (exact) mass is 260 g/mol. The number of anilines is 1. The molecule has 0 radical (unpaired) electrons. The maximum Gasteiger partial charge on any atom is 0.178 e. The SMILES string of the molecule is CC(C)C(CN)CNc1cccnc1-n1cncn1. The Kier molecular flexibility index (Phi) is 4.46. The molecule has 0 aliphatic carbocycles. The molecule has 0 aliphatic rings. The zero-order chi connectivity index (χ0) is 13.7. The second kappa shape index (κ2) is 6.29. The molecule has 0 spiro atoms. The lowest BCUT2D eigenvalue weighted by atomic mass is 9.96. The van der Waals surface area contributed by atoms with Gasteiger partial charge in [-0.2, -0.15) is 5.10 Å². The molecule has 2 heterocycles. The highest BCUT2D eigenvalue weighted by Crippen LogP contribution is 2.17. The Morgan fingerprint density at radius 1 is 1.42 bits per heavy atom. The summed E-state index contributed by atoms with van der Waals surface area (Å²) in [6, 6.07) is 3.88. The van der Waals surface area contributed by atoms with Gasteiger partial charge >= 0.3 is 0 Å². The first-order chi connectivity index (χ1) is 9.22. The van der Waals surface area contributed by atoms with Crippen LogP contribution in [0.3, 0.4) is 0 Å². The minimum absolute atomic E-state index is 0.434. The van der Waals surface area contributed by atoms with Crippen molar-refractivity contribution in [2.75, 3.05) is 18.4 Å². The maximum atomic E-state index is 5.79. The molecule has 1 unspecified atom stereocenters. The summed E-state index contributed by atoms with van der Waals surface area (Å²) >= 11 is 0. The van der Waals surface area contributed by atoms with Crippen LogP contribution in [0.4, 0.5) is 5.69 Å². The molecule has 1 atom stereocenters. The maximum absolute atomic E-state index is 5.79. The first kappa shape index (κ1) is 13.5. The van der Waals surface area contributed by atoms with Gasteiger partial charge < -0.3 is 11.1 Å². The molecule has 2 aromatic heterocycles. The Bertz CT molecular complexity index is 494. The molecular weight excluding hydrogens is 240 g/mol. The Morgan fingerprint density at radius 2 is 2.26 bits per heavy atom. The smallest absolute Gasteiger partial charge is 0.178 e. The average molecular weight is 260 g/mol. The summed E-state index contributed by atoms with van der Waals surface area (Å²) in [5.41, 5.74) is 6.72. The molecule has 2 rings (SSSR count). The Balaban J connectivity index is 2.13. The van der Waals surface area contributed by atoms with E-state index in [2.05, 4.69) is 34.2 Å². The van der Waals surface area contributed by atoms with E-state index in [0.717, 1.165) is 18.1 Å². The molecule has 102 valence electrons. The molecule has 0 aromatic carbocycles. The molecule has 0 fully saturated rings. The van der Waals surface area contributed by atoms with Gasteiger partial charge in [0.25, 0.3) is 0 Å². The Labute approximate surface area is 113 Å². The van der Waals surface area contributed by atoms with Crippen LogP contribution in [0.2, 0.25) is 0 Å². The van der Waals surface area contributed by atoms with Crippen LogP contribution in [0.15, 0.2) is 31.0 Å². The summed E-state index contributed by atoms with van der Waals surface area (Å²) in [6.07, 6.45) is 4.87. The normalized spacial score (nSPS) is 12.6. The topological polar surface area (TPSA) is 81.6 Å². The van der Waals surface area contributed by atoms with Gasteiger partial charge in [0.15, 0.2) is 5.82 Å². The predicted octanol–water partition coefficient (Wildman–Crippen LogP) is 1.31. The second-order valence-electron chi connectivity index (χ2n) is 4.84. The van der Waals surface area contributed by atoms with Crippen LogP contribution in [0.1, 0.15) is 13.8 Å². The van der Waals surface area contributed by atoms with E-state index < -0.39 is 0 Å². The van der Waals surface area contributed by atoms with Crippen molar-refractivity contribution in [3.63, 3.8) is 0 Å². The van der Waals surface area contributed by atoms with E-state index in [1.807, 2.05) is 12.1 Å². The molecule has 0 amide bonds. The van der Waals surface area contributed by atoms with E-state index in [0.29, 0.717) is 18.4 Å². The first-order valence-electron chi connectivity index (χ1n) is 6.46. The Morgan fingerprint density at radius 3 is 2.89 bits per heavy atom. The summed E-state index contributed by atoms with van der Waals surface area (Å²) in [4.78, 5) is 8.28. The van der Waals surface area contributed by atoms with Crippen LogP contribution in [-0.2, 0) is 0 Å². The number of nitrogens with one attached hydrogen (secondary N) is 1. The first-order valence-corrected chi connectivity index (χ1v) is 6.46. The number of hydrogen-bond donors (Lipinski definition) is 2. The number of aromatic nitrogens is 4. The molecule has 0 bridgehead atoms. The number of nitrogens with two attached hydrogens (primary N) is 1. The van der Waals surface area contributed by atoms with E-state index in [-0.39, 0.29) is 0 Å². The van der Waals surface area contributed by atoms with Gasteiger partial charge in [-0.3, -0.25) is 0 Å². The lowest BCUT2D eigenvalue weighted by Crippen LogP contribution is -2.27. The summed E-state index contributed by atoms with van der Waals surface area (Å²) < 4.78 is 1.65. The van der Waals surface area contributed by atoms with Gasteiger partial charge in [-0.1, -0.05) is 13.8 Å². The molecule has 6 heteroatoms. The quantitative estimate of drug-likeness (QED) is 0.818. The summed E-state index contributed by atoms with van der Waals surface area (Å²) in [7, 11) is 0. The zero-order valence-corrected chi connectivity index (χ0v) is 11.3. The van der Waals surface area contributed by atoms with Crippen molar-refractivity contribution in [2.24, 2.45) is 17.6 Å². The third-order valence-electron chi connectivity index (χ3n) is 3.22. The van der Waals surface area contributed by atoms with Crippen LogP contribution in [-0.4, -0.2) is 32.8 Å². The average Bonchev–Trinajstić information content (AvgIpc) is 2.93. The number of hydrogen-bond acceptors (Lipinski definition) is 5. The highest BCUT2D eigenvalue weighted by Gasteiger charge is 2.13. The van der Waals surface area contributed by atoms with Crippen LogP contribution in [0, 0.1) is 11.8 Å². The van der Waals surface area contributed by atoms with E-state index in [4.69, 9.17) is 5.73 Å². The molecule has 6 nitrogen and oxygen atoms in total. The van der Waals surface area contributed by atoms with Gasteiger partial charge in [0.05, 0.1) is 5.69 Å². The van der Waals surface area contributed by atoms with Crippen molar-refractivity contribution in [3.05, 3.63) is 31.0 Å². The largest absolute Gasteiger partial charge is 0.382 e. The summed E-state index contributed by atoms with van der Waals surface area (Å²) in [5.74, 6) is 1.73. The van der Waals surface area contributed by atoms with Crippen molar-refractivity contribution >= 4 is 5.69 Å². The van der Waals surface area contributed by atoms with E-state index in [1.54, 1.807) is 17.2 Å². The van der Waals surface area contributed by atoms with Crippen LogP contribution in [0.5, 0.6) is 0 Å². The molecular formula is C13H20N6. The summed E-state index contributed by atoms with van der Waals surface area (Å²) in [5, 5.41) is 7.51. The van der Waals surface area contributed by atoms with Crippen molar-refractivity contribution < 1.29 is 0 Å². The highest BCUT2D eigenvalue weighted by molar-refractivity contribution is 5.56. The lowest BCUT2D eigenvalue weighted by molar-refractivity contribution is 0.413. The standard InChI is InChI=1S/C13H20N6/c1-10(2)11(6-14)7-17-12-4-3-5-16-13(12)19-9-15-8-18-19/h3-5,8-11,17H,6-7,14H2,1-2H3. The zero-order valence-electron chi connectivity index (χ0n) is 11.3. The van der Waals surface area contributed by atoms with Gasteiger partial charge in [-0.15, -0.1) is 0 Å². The Hall–Kier alpha value is -1.95. The van der Waals surface area contributed by atoms with E-state index >= 15 is 0 Å². The second-order valence-corrected chi connectivity index (χ2v) is 4.84. The number of pyridine rings is 1. The molecule has 0 saturated heterocycles. The highest BCUT2D eigenvalue weighted by atomic mass is 15.3. The van der Waals surface area contributed by atoms with Gasteiger partial charge in [0, 0.05) is 12.7 Å². The van der Waals surface area contributed by atoms with Crippen molar-refractivity contribution in [1.29, 1.82) is 0 Å². The van der Waals surface area contributed by atoms with E-state index in [1.165, 1.54) is 6.33 Å². The van der Waals surface area contributed by atoms with Gasteiger partial charge in [0.1, 0.15) is 12.7 Å². The van der Waals surface area contributed by atoms with E-state index in [9.17, 15) is 0 Å². The van der Waals surface area contributed by atoms with Gasteiger partial charge in [0.2, 0.25) is 0 Å². The minimum atomic E-state index is 0.434. The number of nitrogens with zero attached hydrogens (tertiary/aromatic N) is 4. The minimum Gasteiger partial charge on any atom is -0.382 e. The predicted molar refractivity (Wildman–Crippen MR) is 75.0 cm³/mol. The van der Waals surface area contributed by atoms with Crippen LogP contribution < -0.4 is 11.1 Å². The number of rotatable bonds is 6. The fourth-order valence-electron chi connectivity index (χ4n) is 1.87. The molecule has 0 saturated carbocycles. The van der Waals surface area contributed by atoms with Crippen molar-refractivity contribution in [1.82, 2.24) is 19.7 Å². The fourth-order valence-corrected chi connectivity index (χ4v) is 1.87. The molecule has 2 aromatic rings. The van der Waals surface area contributed by atoms with Crippen LogP contribution >= 0.6 is 0 Å². The molecule has 3 N–H and O–H groups in total. The van der Waals surface area contributed by atoms with Gasteiger partial charge in [-0.25, -0.2) is 14.6 Å². The van der Waals surface area contributed by atoms with Crippen molar-refractivity contribution in [3.8, 4) is 5.82 Å².